The van der Waals surface area contributed by atoms with Crippen LogP contribution in [0.25, 0.3) is 10.8 Å². The number of nitrogens with zero attached hydrogens (tertiary/aromatic N) is 2. The highest BCUT2D eigenvalue weighted by atomic mass is 35.5. The van der Waals surface area contributed by atoms with Gasteiger partial charge in [-0.05, 0) is 5.39 Å². The number of hydrogen-bond donors (Lipinski definition) is 1. The summed E-state index contributed by atoms with van der Waals surface area (Å²) < 4.78 is 0. The van der Waals surface area contributed by atoms with Crippen LogP contribution in [0, 0.1) is 0 Å². The molecule has 0 spiro atoms. The summed E-state index contributed by atoms with van der Waals surface area (Å²) in [5, 5.41) is 4.40. The number of fused-ring (bicyclic) bond motifs is 1. The normalized spacial score (nSPS) is 10.4. The number of aromatic nitrogens is 1. The van der Waals surface area contributed by atoms with E-state index >= 15 is 0 Å². The number of nitrogens with one attached hydrogen (secondary N) is 1. The Morgan fingerprint density at radius 3 is 2.62 bits per heavy atom. The number of halogens is 1. The number of rotatable bonds is 4. The van der Waals surface area contributed by atoms with Crippen LogP contribution < -0.4 is 5.32 Å². The number of amides is 2. The smallest absolute Gasteiger partial charge is 0.255 e. The third-order valence-electron chi connectivity index (χ3n) is 3.28. The fourth-order valence-corrected chi connectivity index (χ4v) is 2.24. The Balaban J connectivity index is 2.27. The van der Waals surface area contributed by atoms with Gasteiger partial charge >= 0.3 is 0 Å². The second-order valence-electron chi connectivity index (χ2n) is 4.66. The van der Waals surface area contributed by atoms with Crippen molar-refractivity contribution in [2.45, 2.75) is 6.42 Å². The Bertz CT molecular complexity index is 688. The molecule has 0 atom stereocenters. The van der Waals surface area contributed by atoms with E-state index in [9.17, 15) is 9.59 Å². The Hall–Kier alpha value is -2.14. The zero-order chi connectivity index (χ0) is 15.4. The monoisotopic (exact) mass is 305 g/mol. The lowest BCUT2D eigenvalue weighted by molar-refractivity contribution is -0.120. The van der Waals surface area contributed by atoms with Crippen molar-refractivity contribution in [2.24, 2.45) is 0 Å². The van der Waals surface area contributed by atoms with Gasteiger partial charge in [0.2, 0.25) is 5.91 Å². The summed E-state index contributed by atoms with van der Waals surface area (Å²) in [5.41, 5.74) is 0.481. The topological polar surface area (TPSA) is 62.3 Å². The van der Waals surface area contributed by atoms with E-state index in [1.807, 2.05) is 24.3 Å². The number of benzene rings is 1. The first-order valence-corrected chi connectivity index (χ1v) is 6.91. The molecule has 1 heterocycles. The van der Waals surface area contributed by atoms with Gasteiger partial charge in [0.15, 0.2) is 0 Å². The number of hydrogen-bond acceptors (Lipinski definition) is 3. The molecule has 0 fully saturated rings. The van der Waals surface area contributed by atoms with Gasteiger partial charge in [0.1, 0.15) is 5.15 Å². The van der Waals surface area contributed by atoms with Gasteiger partial charge in [-0.1, -0.05) is 35.9 Å². The standard InChI is InChI=1S/C15H16ClN3O2/c1-17-13(20)7-8-19(2)15(21)12-9-18-14(16)11-6-4-3-5-10(11)12/h3-6,9H,7-8H2,1-2H3,(H,17,20). The van der Waals surface area contributed by atoms with Crippen LogP contribution in [0.5, 0.6) is 0 Å². The second kappa shape index (κ2) is 6.54. The van der Waals surface area contributed by atoms with Crippen LogP contribution in [0.15, 0.2) is 30.5 Å². The molecule has 0 saturated carbocycles. The summed E-state index contributed by atoms with van der Waals surface area (Å²) in [6.07, 6.45) is 1.74. The molecule has 21 heavy (non-hydrogen) atoms. The average molecular weight is 306 g/mol. The third-order valence-corrected chi connectivity index (χ3v) is 3.58. The molecule has 1 aromatic carbocycles. The molecular formula is C15H16ClN3O2. The Kier molecular flexibility index (Phi) is 4.75. The van der Waals surface area contributed by atoms with Crippen molar-refractivity contribution in [3.05, 3.63) is 41.2 Å². The van der Waals surface area contributed by atoms with Crippen LogP contribution in [-0.2, 0) is 4.79 Å². The zero-order valence-electron chi connectivity index (χ0n) is 11.9. The minimum atomic E-state index is -0.181. The van der Waals surface area contributed by atoms with Crippen molar-refractivity contribution in [3.63, 3.8) is 0 Å². The van der Waals surface area contributed by atoms with E-state index in [1.54, 1.807) is 14.1 Å². The molecule has 0 unspecified atom stereocenters. The first-order chi connectivity index (χ1) is 10.0. The SMILES string of the molecule is CNC(=O)CCN(C)C(=O)c1cnc(Cl)c2ccccc12. The molecule has 1 N–H and O–H groups in total. The Morgan fingerprint density at radius 1 is 1.29 bits per heavy atom. The summed E-state index contributed by atoms with van der Waals surface area (Å²) in [4.78, 5) is 29.3. The molecule has 0 bridgehead atoms. The molecular weight excluding hydrogens is 290 g/mol. The molecule has 0 saturated heterocycles. The lowest BCUT2D eigenvalue weighted by Gasteiger charge is -2.17. The molecule has 110 valence electrons. The van der Waals surface area contributed by atoms with Crippen LogP contribution in [0.3, 0.4) is 0 Å². The molecule has 1 aromatic heterocycles. The van der Waals surface area contributed by atoms with Gasteiger partial charge in [0.05, 0.1) is 5.56 Å². The van der Waals surface area contributed by atoms with Gasteiger partial charge < -0.3 is 10.2 Å². The van der Waals surface area contributed by atoms with Crippen LogP contribution in [0.1, 0.15) is 16.8 Å². The summed E-state index contributed by atoms with van der Waals surface area (Å²) in [5.74, 6) is -0.284. The average Bonchev–Trinajstić information content (AvgIpc) is 2.52. The molecule has 0 aliphatic rings. The lowest BCUT2D eigenvalue weighted by Crippen LogP contribution is -2.31. The first-order valence-electron chi connectivity index (χ1n) is 6.54. The van der Waals surface area contributed by atoms with Gasteiger partial charge in [-0.15, -0.1) is 0 Å². The van der Waals surface area contributed by atoms with E-state index in [-0.39, 0.29) is 18.2 Å². The van der Waals surface area contributed by atoms with Crippen molar-refractivity contribution in [2.75, 3.05) is 20.6 Å². The number of carbonyl (C=O) groups excluding carboxylic acids is 2. The van der Waals surface area contributed by atoms with E-state index in [0.717, 1.165) is 10.8 Å². The maximum atomic E-state index is 12.5. The highest BCUT2D eigenvalue weighted by molar-refractivity contribution is 6.34. The zero-order valence-corrected chi connectivity index (χ0v) is 12.6. The highest BCUT2D eigenvalue weighted by Gasteiger charge is 2.17. The van der Waals surface area contributed by atoms with E-state index in [4.69, 9.17) is 11.6 Å². The molecule has 0 aliphatic carbocycles. The minimum Gasteiger partial charge on any atom is -0.359 e. The molecule has 2 amide bonds. The van der Waals surface area contributed by atoms with Crippen LogP contribution in [0.2, 0.25) is 5.15 Å². The van der Waals surface area contributed by atoms with Crippen molar-refractivity contribution >= 4 is 34.2 Å². The molecule has 5 nitrogen and oxygen atoms in total. The summed E-state index contributed by atoms with van der Waals surface area (Å²) >= 11 is 6.05. The Morgan fingerprint density at radius 2 is 1.95 bits per heavy atom. The molecule has 6 heteroatoms. The molecule has 2 rings (SSSR count). The largest absolute Gasteiger partial charge is 0.359 e. The second-order valence-corrected chi connectivity index (χ2v) is 5.02. The van der Waals surface area contributed by atoms with Crippen molar-refractivity contribution in [1.29, 1.82) is 0 Å². The van der Waals surface area contributed by atoms with Gasteiger partial charge in [-0.2, -0.15) is 0 Å². The van der Waals surface area contributed by atoms with Crippen LogP contribution >= 0.6 is 11.6 Å². The van der Waals surface area contributed by atoms with Crippen molar-refractivity contribution in [3.8, 4) is 0 Å². The van der Waals surface area contributed by atoms with Crippen molar-refractivity contribution < 1.29 is 9.59 Å². The van der Waals surface area contributed by atoms with E-state index < -0.39 is 0 Å². The van der Waals surface area contributed by atoms with E-state index in [1.165, 1.54) is 11.1 Å². The van der Waals surface area contributed by atoms with Gasteiger partial charge in [0, 0.05) is 38.6 Å². The van der Waals surface area contributed by atoms with Gasteiger partial charge in [-0.3, -0.25) is 9.59 Å². The van der Waals surface area contributed by atoms with Crippen LogP contribution in [-0.4, -0.2) is 42.3 Å². The fraction of sp³-hybridized carbons (Fsp3) is 0.267. The third kappa shape index (κ3) is 3.31. The molecule has 2 aromatic rings. The number of carbonyl (C=O) groups is 2. The quantitative estimate of drug-likeness (QED) is 0.880. The van der Waals surface area contributed by atoms with Crippen molar-refractivity contribution in [1.82, 2.24) is 15.2 Å². The molecule has 0 radical (unpaired) electrons. The summed E-state index contributed by atoms with van der Waals surface area (Å²) in [6, 6.07) is 7.36. The molecule has 0 aliphatic heterocycles. The maximum absolute atomic E-state index is 12.5. The Labute approximate surface area is 127 Å². The lowest BCUT2D eigenvalue weighted by atomic mass is 10.1. The van der Waals surface area contributed by atoms with Gasteiger partial charge in [0.25, 0.3) is 5.91 Å². The predicted molar refractivity (Wildman–Crippen MR) is 82.4 cm³/mol. The summed E-state index contributed by atoms with van der Waals surface area (Å²) in [7, 11) is 3.23. The van der Waals surface area contributed by atoms with E-state index in [0.29, 0.717) is 17.3 Å². The van der Waals surface area contributed by atoms with Gasteiger partial charge in [-0.25, -0.2) is 4.98 Å². The first kappa shape index (κ1) is 15.3. The fourth-order valence-electron chi connectivity index (χ4n) is 2.03. The van der Waals surface area contributed by atoms with E-state index in [2.05, 4.69) is 10.3 Å². The predicted octanol–water partition coefficient (Wildman–Crippen LogP) is 2.10. The maximum Gasteiger partial charge on any atom is 0.255 e. The minimum absolute atomic E-state index is 0.103. The van der Waals surface area contributed by atoms with Crippen LogP contribution in [0.4, 0.5) is 0 Å². The highest BCUT2D eigenvalue weighted by Crippen LogP contribution is 2.24. The summed E-state index contributed by atoms with van der Waals surface area (Å²) in [6.45, 7) is 0.343. The number of pyridine rings is 1.